The van der Waals surface area contributed by atoms with Crippen molar-refractivity contribution in [3.05, 3.63) is 24.0 Å². The summed E-state index contributed by atoms with van der Waals surface area (Å²) in [6.45, 7) is 16.4. The van der Waals surface area contributed by atoms with Crippen LogP contribution in [-0.4, -0.2) is 23.6 Å². The van der Waals surface area contributed by atoms with E-state index in [4.69, 9.17) is 0 Å². The van der Waals surface area contributed by atoms with Crippen LogP contribution in [0.4, 0.5) is 5.69 Å². The van der Waals surface area contributed by atoms with Gasteiger partial charge < -0.3 is 10.2 Å². The molecule has 0 aliphatic carbocycles. The molecule has 0 aliphatic heterocycles. The lowest BCUT2D eigenvalue weighted by molar-refractivity contribution is 0.424. The lowest BCUT2D eigenvalue weighted by Crippen LogP contribution is -2.36. The fourth-order valence-electron chi connectivity index (χ4n) is 2.11. The molecule has 1 atom stereocenters. The van der Waals surface area contributed by atoms with E-state index in [0.29, 0.717) is 5.92 Å². The van der Waals surface area contributed by atoms with Crippen molar-refractivity contribution in [2.75, 3.05) is 18.0 Å². The second-order valence-electron chi connectivity index (χ2n) is 6.66. The van der Waals surface area contributed by atoms with Crippen molar-refractivity contribution in [1.82, 2.24) is 10.3 Å². The largest absolute Gasteiger partial charge is 0.370 e. The Kier molecular flexibility index (Phi) is 6.47. The van der Waals surface area contributed by atoms with Crippen LogP contribution < -0.4 is 10.2 Å². The zero-order valence-electron chi connectivity index (χ0n) is 14.0. The van der Waals surface area contributed by atoms with Crippen LogP contribution in [0.1, 0.15) is 53.5 Å². The van der Waals surface area contributed by atoms with Gasteiger partial charge in [-0.2, -0.15) is 0 Å². The average molecular weight is 277 g/mol. The van der Waals surface area contributed by atoms with E-state index in [-0.39, 0.29) is 5.54 Å². The third-order valence-electron chi connectivity index (χ3n) is 3.65. The van der Waals surface area contributed by atoms with Crippen LogP contribution >= 0.6 is 0 Å². The predicted octanol–water partition coefficient (Wildman–Crippen LogP) is 3.84. The molecule has 1 heterocycles. The number of anilines is 1. The molecule has 1 aromatic heterocycles. The minimum atomic E-state index is 0.133. The van der Waals surface area contributed by atoms with E-state index < -0.39 is 0 Å². The summed E-state index contributed by atoms with van der Waals surface area (Å²) in [7, 11) is 0. The van der Waals surface area contributed by atoms with Crippen LogP contribution in [0.3, 0.4) is 0 Å². The molecule has 0 aromatic carbocycles. The summed E-state index contributed by atoms with van der Waals surface area (Å²) in [5.74, 6) is 0.707. The molecule has 0 radical (unpaired) electrons. The van der Waals surface area contributed by atoms with Crippen LogP contribution in [0.15, 0.2) is 18.5 Å². The molecule has 114 valence electrons. The van der Waals surface area contributed by atoms with Crippen LogP contribution in [0.2, 0.25) is 0 Å². The molecule has 1 aromatic rings. The number of hydrogen-bond donors (Lipinski definition) is 1. The molecule has 1 rings (SSSR count). The number of pyridine rings is 1. The van der Waals surface area contributed by atoms with Gasteiger partial charge in [-0.25, -0.2) is 0 Å². The van der Waals surface area contributed by atoms with Gasteiger partial charge in [0.1, 0.15) is 0 Å². The SMILES string of the molecule is CCC(C)CN(CC)c1cnccc1CNC(C)(C)C. The van der Waals surface area contributed by atoms with Gasteiger partial charge in [-0.3, -0.25) is 4.98 Å². The Morgan fingerprint density at radius 2 is 2.00 bits per heavy atom. The highest BCUT2D eigenvalue weighted by Gasteiger charge is 2.14. The zero-order chi connectivity index (χ0) is 15.2. The summed E-state index contributed by atoms with van der Waals surface area (Å²) in [6.07, 6.45) is 5.11. The molecule has 3 heteroatoms. The molecule has 1 unspecified atom stereocenters. The van der Waals surface area contributed by atoms with Crippen LogP contribution in [0.5, 0.6) is 0 Å². The molecule has 0 fully saturated rings. The smallest absolute Gasteiger partial charge is 0.0598 e. The third kappa shape index (κ3) is 5.49. The second-order valence-corrected chi connectivity index (χ2v) is 6.66. The van der Waals surface area contributed by atoms with Crippen molar-refractivity contribution in [2.45, 2.75) is 60.0 Å². The van der Waals surface area contributed by atoms with E-state index in [0.717, 1.165) is 19.6 Å². The molecule has 0 saturated heterocycles. The molecule has 0 amide bonds. The monoisotopic (exact) mass is 277 g/mol. The summed E-state index contributed by atoms with van der Waals surface area (Å²) >= 11 is 0. The molecular formula is C17H31N3. The minimum Gasteiger partial charge on any atom is -0.370 e. The lowest BCUT2D eigenvalue weighted by Gasteiger charge is -2.29. The fraction of sp³-hybridized carbons (Fsp3) is 0.706. The molecule has 3 nitrogen and oxygen atoms in total. The normalized spacial score (nSPS) is 13.3. The van der Waals surface area contributed by atoms with Gasteiger partial charge in [0, 0.05) is 31.4 Å². The predicted molar refractivity (Wildman–Crippen MR) is 88.2 cm³/mol. The Hall–Kier alpha value is -1.09. The Morgan fingerprint density at radius 1 is 1.30 bits per heavy atom. The van der Waals surface area contributed by atoms with Crippen LogP contribution in [0.25, 0.3) is 0 Å². The van der Waals surface area contributed by atoms with Gasteiger partial charge in [-0.15, -0.1) is 0 Å². The molecule has 0 spiro atoms. The number of hydrogen-bond acceptors (Lipinski definition) is 3. The quantitative estimate of drug-likeness (QED) is 0.820. The highest BCUT2D eigenvalue weighted by Crippen LogP contribution is 2.21. The van der Waals surface area contributed by atoms with Gasteiger partial charge in [0.25, 0.3) is 0 Å². The van der Waals surface area contributed by atoms with Crippen LogP contribution in [0, 0.1) is 5.92 Å². The van der Waals surface area contributed by atoms with Crippen molar-refractivity contribution in [3.63, 3.8) is 0 Å². The first-order valence-electron chi connectivity index (χ1n) is 7.80. The van der Waals surface area contributed by atoms with E-state index in [1.807, 2.05) is 12.4 Å². The van der Waals surface area contributed by atoms with Gasteiger partial charge in [0.2, 0.25) is 0 Å². The van der Waals surface area contributed by atoms with Crippen LogP contribution in [-0.2, 0) is 6.54 Å². The summed E-state index contributed by atoms with van der Waals surface area (Å²) < 4.78 is 0. The number of rotatable bonds is 7. The first-order valence-corrected chi connectivity index (χ1v) is 7.80. The van der Waals surface area contributed by atoms with E-state index in [9.17, 15) is 0 Å². The highest BCUT2D eigenvalue weighted by molar-refractivity contribution is 5.51. The van der Waals surface area contributed by atoms with E-state index in [1.165, 1.54) is 17.7 Å². The lowest BCUT2D eigenvalue weighted by atomic mass is 10.1. The summed E-state index contributed by atoms with van der Waals surface area (Å²) in [4.78, 5) is 6.77. The Morgan fingerprint density at radius 3 is 2.55 bits per heavy atom. The maximum absolute atomic E-state index is 4.32. The van der Waals surface area contributed by atoms with Crippen molar-refractivity contribution in [2.24, 2.45) is 5.92 Å². The zero-order valence-corrected chi connectivity index (χ0v) is 14.0. The molecule has 0 bridgehead atoms. The topological polar surface area (TPSA) is 28.2 Å². The maximum Gasteiger partial charge on any atom is 0.0598 e. The van der Waals surface area contributed by atoms with Gasteiger partial charge in [-0.05, 0) is 45.2 Å². The van der Waals surface area contributed by atoms with E-state index in [2.05, 4.69) is 62.8 Å². The molecule has 0 saturated carbocycles. The second kappa shape index (κ2) is 7.63. The first kappa shape index (κ1) is 17.0. The third-order valence-corrected chi connectivity index (χ3v) is 3.65. The van der Waals surface area contributed by atoms with Crippen molar-refractivity contribution in [3.8, 4) is 0 Å². The molecule has 0 aliphatic rings. The van der Waals surface area contributed by atoms with Gasteiger partial charge in [0.15, 0.2) is 0 Å². The molecule has 1 N–H and O–H groups in total. The van der Waals surface area contributed by atoms with Crippen molar-refractivity contribution < 1.29 is 0 Å². The van der Waals surface area contributed by atoms with Gasteiger partial charge in [0.05, 0.1) is 11.9 Å². The Bertz CT molecular complexity index is 395. The summed E-state index contributed by atoms with van der Waals surface area (Å²) in [5, 5.41) is 3.57. The summed E-state index contributed by atoms with van der Waals surface area (Å²) in [5.41, 5.74) is 2.74. The molecular weight excluding hydrogens is 246 g/mol. The first-order chi connectivity index (χ1) is 9.37. The molecule has 20 heavy (non-hydrogen) atoms. The summed E-state index contributed by atoms with van der Waals surface area (Å²) in [6, 6.07) is 2.13. The van der Waals surface area contributed by atoms with Gasteiger partial charge >= 0.3 is 0 Å². The van der Waals surface area contributed by atoms with Crippen molar-refractivity contribution >= 4 is 5.69 Å². The van der Waals surface area contributed by atoms with Gasteiger partial charge in [-0.1, -0.05) is 20.3 Å². The number of aromatic nitrogens is 1. The number of nitrogens with one attached hydrogen (secondary N) is 1. The maximum atomic E-state index is 4.32. The Balaban J connectivity index is 2.86. The standard InChI is InChI=1S/C17H31N3/c1-7-14(3)13-20(8-2)16-12-18-10-9-15(16)11-19-17(4,5)6/h9-10,12,14,19H,7-8,11,13H2,1-6H3. The average Bonchev–Trinajstić information content (AvgIpc) is 2.42. The Labute approximate surface area is 124 Å². The van der Waals surface area contributed by atoms with E-state index >= 15 is 0 Å². The highest BCUT2D eigenvalue weighted by atomic mass is 15.1. The minimum absolute atomic E-state index is 0.133. The van der Waals surface area contributed by atoms with E-state index in [1.54, 1.807) is 0 Å². The fourth-order valence-corrected chi connectivity index (χ4v) is 2.11. The van der Waals surface area contributed by atoms with Crippen molar-refractivity contribution in [1.29, 1.82) is 0 Å². The number of nitrogens with zero attached hydrogens (tertiary/aromatic N) is 2.